The molecule has 0 radical (unpaired) electrons. The van der Waals surface area contributed by atoms with E-state index in [9.17, 15) is 9.90 Å². The summed E-state index contributed by atoms with van der Waals surface area (Å²) >= 11 is 0. The lowest BCUT2D eigenvalue weighted by atomic mass is 9.99. The van der Waals surface area contributed by atoms with Crippen LogP contribution in [0.25, 0.3) is 11.0 Å². The first-order chi connectivity index (χ1) is 14.1. The minimum atomic E-state index is -1.10. The average molecular weight is 388 g/mol. The Bertz CT molecular complexity index is 1100. The molecule has 0 unspecified atom stereocenters. The summed E-state index contributed by atoms with van der Waals surface area (Å²) in [6.45, 7) is 1.98. The van der Waals surface area contributed by atoms with E-state index in [0.29, 0.717) is 11.0 Å². The van der Waals surface area contributed by atoms with Crippen LogP contribution in [-0.4, -0.2) is 37.7 Å². The van der Waals surface area contributed by atoms with Gasteiger partial charge in [0.05, 0.1) is 5.52 Å². The van der Waals surface area contributed by atoms with Gasteiger partial charge in [0.15, 0.2) is 11.3 Å². The van der Waals surface area contributed by atoms with Crippen molar-refractivity contribution in [1.82, 2.24) is 20.0 Å². The second-order valence-corrected chi connectivity index (χ2v) is 6.52. The first-order valence-electron chi connectivity index (χ1n) is 9.22. The second kappa shape index (κ2) is 7.59. The molecule has 0 atom stereocenters. The molecule has 8 nitrogen and oxygen atoms in total. The molecule has 1 amide bonds. The van der Waals surface area contributed by atoms with Crippen molar-refractivity contribution < 1.29 is 9.90 Å². The number of nitrogens with two attached hydrogens (primary N) is 1. The first-order valence-corrected chi connectivity index (χ1v) is 9.22. The summed E-state index contributed by atoms with van der Waals surface area (Å²) in [7, 11) is 0. The van der Waals surface area contributed by atoms with Crippen molar-refractivity contribution in [3.05, 3.63) is 77.9 Å². The summed E-state index contributed by atoms with van der Waals surface area (Å²) in [4.78, 5) is 16.9. The van der Waals surface area contributed by atoms with Crippen LogP contribution in [0.3, 0.4) is 0 Å². The highest BCUT2D eigenvalue weighted by Crippen LogP contribution is 2.31. The molecule has 29 heavy (non-hydrogen) atoms. The molecule has 2 aromatic carbocycles. The minimum absolute atomic E-state index is 0.142. The van der Waals surface area contributed by atoms with Gasteiger partial charge in [-0.25, -0.2) is 14.5 Å². The Hall–Kier alpha value is -3.94. The maximum absolute atomic E-state index is 11.6. The van der Waals surface area contributed by atoms with Gasteiger partial charge in [0.1, 0.15) is 11.9 Å². The lowest BCUT2D eigenvalue weighted by Crippen LogP contribution is -2.29. The van der Waals surface area contributed by atoms with Crippen molar-refractivity contribution in [1.29, 1.82) is 0 Å². The molecule has 4 aromatic rings. The molecule has 0 aliphatic rings. The molecular weight excluding hydrogens is 368 g/mol. The number of fused-ring (bicyclic) bond motifs is 1. The van der Waals surface area contributed by atoms with E-state index in [0.717, 1.165) is 16.0 Å². The van der Waals surface area contributed by atoms with Crippen LogP contribution in [0, 0.1) is 0 Å². The number of carbonyl (C=O) groups is 1. The Balaban J connectivity index is 1.95. The number of carboxylic acid groups (broad SMARTS) is 1. The van der Waals surface area contributed by atoms with Gasteiger partial charge in [-0.05, 0) is 18.1 Å². The lowest BCUT2D eigenvalue weighted by molar-refractivity contribution is 0.202. The largest absolute Gasteiger partial charge is 0.465 e. The molecular formula is C21H20N6O2. The maximum Gasteiger partial charge on any atom is 0.413 e. The van der Waals surface area contributed by atoms with Crippen molar-refractivity contribution in [2.24, 2.45) is 0 Å². The van der Waals surface area contributed by atoms with E-state index < -0.39 is 6.09 Å². The SMILES string of the molecule is CCN(C(=O)O)c1cc2c(nnn2C(c2ccccc2)c2ccccc2)c(N)n1. The van der Waals surface area contributed by atoms with Gasteiger partial charge in [-0.1, -0.05) is 65.9 Å². The highest BCUT2D eigenvalue weighted by Gasteiger charge is 2.23. The van der Waals surface area contributed by atoms with Crippen LogP contribution >= 0.6 is 0 Å². The number of amides is 1. The van der Waals surface area contributed by atoms with Crippen molar-refractivity contribution >= 4 is 28.8 Å². The predicted molar refractivity (Wildman–Crippen MR) is 111 cm³/mol. The molecule has 8 heteroatoms. The minimum Gasteiger partial charge on any atom is -0.465 e. The van der Waals surface area contributed by atoms with E-state index in [1.807, 2.05) is 60.7 Å². The fraction of sp³-hybridized carbons (Fsp3) is 0.143. The van der Waals surface area contributed by atoms with Gasteiger partial charge < -0.3 is 10.8 Å². The third kappa shape index (κ3) is 3.36. The van der Waals surface area contributed by atoms with E-state index in [-0.39, 0.29) is 24.2 Å². The van der Waals surface area contributed by atoms with Gasteiger partial charge >= 0.3 is 6.09 Å². The Morgan fingerprint density at radius 3 is 2.21 bits per heavy atom. The number of hydrogen-bond donors (Lipinski definition) is 2. The van der Waals surface area contributed by atoms with E-state index in [1.165, 1.54) is 0 Å². The fourth-order valence-electron chi connectivity index (χ4n) is 3.42. The third-order valence-electron chi connectivity index (χ3n) is 4.77. The van der Waals surface area contributed by atoms with Crippen LogP contribution < -0.4 is 10.6 Å². The van der Waals surface area contributed by atoms with Gasteiger partial charge in [0, 0.05) is 12.6 Å². The zero-order chi connectivity index (χ0) is 20.4. The number of nitrogens with zero attached hydrogens (tertiary/aromatic N) is 5. The molecule has 4 rings (SSSR count). The van der Waals surface area contributed by atoms with E-state index in [2.05, 4.69) is 15.3 Å². The molecule has 0 spiro atoms. The van der Waals surface area contributed by atoms with E-state index in [1.54, 1.807) is 17.7 Å². The highest BCUT2D eigenvalue weighted by molar-refractivity contribution is 5.91. The molecule has 0 saturated heterocycles. The molecule has 0 bridgehead atoms. The smallest absolute Gasteiger partial charge is 0.413 e. The summed E-state index contributed by atoms with van der Waals surface area (Å²) in [6.07, 6.45) is -1.10. The van der Waals surface area contributed by atoms with E-state index >= 15 is 0 Å². The van der Waals surface area contributed by atoms with Gasteiger partial charge in [0.25, 0.3) is 0 Å². The molecule has 2 heterocycles. The standard InChI is InChI=1S/C21H20N6O2/c1-2-26(21(28)29)17-13-16-18(20(22)23-17)24-25-27(16)19(14-9-5-3-6-10-14)15-11-7-4-8-12-15/h3-13,19H,2H2,1H3,(H2,22,23)(H,28,29). The van der Waals surface area contributed by atoms with E-state index in [4.69, 9.17) is 5.73 Å². The average Bonchev–Trinajstić information content (AvgIpc) is 3.14. The Morgan fingerprint density at radius 2 is 1.69 bits per heavy atom. The van der Waals surface area contributed by atoms with Crippen LogP contribution in [0.15, 0.2) is 66.7 Å². The van der Waals surface area contributed by atoms with Gasteiger partial charge in [0.2, 0.25) is 0 Å². The predicted octanol–water partition coefficient (Wildman–Crippen LogP) is 3.55. The Labute approximate surface area is 167 Å². The highest BCUT2D eigenvalue weighted by atomic mass is 16.4. The quantitative estimate of drug-likeness (QED) is 0.541. The van der Waals surface area contributed by atoms with Crippen molar-refractivity contribution in [2.75, 3.05) is 17.2 Å². The third-order valence-corrected chi connectivity index (χ3v) is 4.77. The summed E-state index contributed by atoms with van der Waals surface area (Å²) in [5.74, 6) is 0.386. The summed E-state index contributed by atoms with van der Waals surface area (Å²) in [5, 5.41) is 18.1. The molecule has 0 aliphatic heterocycles. The van der Waals surface area contributed by atoms with Crippen LogP contribution in [0.1, 0.15) is 24.1 Å². The van der Waals surface area contributed by atoms with Crippen molar-refractivity contribution in [3.63, 3.8) is 0 Å². The number of hydrogen-bond acceptors (Lipinski definition) is 5. The number of aromatic nitrogens is 4. The number of pyridine rings is 1. The van der Waals surface area contributed by atoms with Gasteiger partial charge in [-0.3, -0.25) is 4.90 Å². The van der Waals surface area contributed by atoms with Crippen LogP contribution in [0.2, 0.25) is 0 Å². The van der Waals surface area contributed by atoms with Crippen LogP contribution in [0.5, 0.6) is 0 Å². The summed E-state index contributed by atoms with van der Waals surface area (Å²) < 4.78 is 1.76. The number of rotatable bonds is 5. The maximum atomic E-state index is 11.6. The summed E-state index contributed by atoms with van der Waals surface area (Å²) in [5.41, 5.74) is 9.19. The number of benzene rings is 2. The lowest BCUT2D eigenvalue weighted by Gasteiger charge is -2.20. The molecule has 2 aromatic heterocycles. The molecule has 0 fully saturated rings. The number of anilines is 2. The Kier molecular flexibility index (Phi) is 4.82. The van der Waals surface area contributed by atoms with Crippen LogP contribution in [0.4, 0.5) is 16.4 Å². The van der Waals surface area contributed by atoms with Crippen molar-refractivity contribution in [2.45, 2.75) is 13.0 Å². The number of nitrogen functional groups attached to an aromatic ring is 1. The Morgan fingerprint density at radius 1 is 1.10 bits per heavy atom. The van der Waals surface area contributed by atoms with Crippen molar-refractivity contribution in [3.8, 4) is 0 Å². The fourth-order valence-corrected chi connectivity index (χ4v) is 3.42. The molecule has 0 aliphatic carbocycles. The van der Waals surface area contributed by atoms with Gasteiger partial charge in [-0.15, -0.1) is 5.10 Å². The second-order valence-electron chi connectivity index (χ2n) is 6.52. The van der Waals surface area contributed by atoms with Gasteiger partial charge in [-0.2, -0.15) is 0 Å². The zero-order valence-electron chi connectivity index (χ0n) is 15.8. The molecule has 146 valence electrons. The monoisotopic (exact) mass is 388 g/mol. The summed E-state index contributed by atoms with van der Waals surface area (Å²) in [6, 6.07) is 21.3. The molecule has 3 N–H and O–H groups in total. The zero-order valence-corrected chi connectivity index (χ0v) is 15.8. The normalized spacial score (nSPS) is 11.1. The van der Waals surface area contributed by atoms with Crippen LogP contribution in [-0.2, 0) is 0 Å². The molecule has 0 saturated carbocycles. The topological polar surface area (TPSA) is 110 Å². The first kappa shape index (κ1) is 18.4.